The Morgan fingerprint density at radius 2 is 2.00 bits per heavy atom. The summed E-state index contributed by atoms with van der Waals surface area (Å²) in [5.74, 6) is 0.121. The van der Waals surface area contributed by atoms with E-state index in [1.807, 2.05) is 16.8 Å². The number of aliphatic hydroxyl groups is 1. The average Bonchev–Trinajstić information content (AvgIpc) is 2.70. The van der Waals surface area contributed by atoms with Crippen LogP contribution in [-0.2, 0) is 4.79 Å². The summed E-state index contributed by atoms with van der Waals surface area (Å²) in [5.41, 5.74) is 0. The highest BCUT2D eigenvalue weighted by molar-refractivity contribution is 5.83. The van der Waals surface area contributed by atoms with E-state index < -0.39 is 0 Å². The molecule has 2 aliphatic rings. The number of likely N-dealkylation sites (N-methyl/N-ethyl adjacent to an activating group) is 1. The van der Waals surface area contributed by atoms with E-state index in [0.717, 1.165) is 19.4 Å². The molecular formula is C12H22N2O2. The Labute approximate surface area is 97.2 Å². The SMILES string of the molecule is CC1CN(C)C(CO)C(=O)N1C1CCCC1. The normalized spacial score (nSPS) is 33.7. The summed E-state index contributed by atoms with van der Waals surface area (Å²) in [6, 6.07) is 0.380. The highest BCUT2D eigenvalue weighted by atomic mass is 16.3. The van der Waals surface area contributed by atoms with Gasteiger partial charge in [-0.25, -0.2) is 0 Å². The van der Waals surface area contributed by atoms with Crippen LogP contribution in [-0.4, -0.2) is 59.1 Å². The van der Waals surface area contributed by atoms with Crippen LogP contribution in [0.15, 0.2) is 0 Å². The zero-order valence-electron chi connectivity index (χ0n) is 10.2. The highest BCUT2D eigenvalue weighted by Crippen LogP contribution is 2.28. The molecule has 0 spiro atoms. The van der Waals surface area contributed by atoms with Crippen molar-refractivity contribution in [2.75, 3.05) is 20.2 Å². The molecule has 2 atom stereocenters. The van der Waals surface area contributed by atoms with E-state index in [2.05, 4.69) is 6.92 Å². The highest BCUT2D eigenvalue weighted by Gasteiger charge is 2.40. The second-order valence-electron chi connectivity index (χ2n) is 5.17. The summed E-state index contributed by atoms with van der Waals surface area (Å²) in [4.78, 5) is 16.3. The van der Waals surface area contributed by atoms with Crippen molar-refractivity contribution < 1.29 is 9.90 Å². The van der Waals surface area contributed by atoms with Crippen LogP contribution in [0.5, 0.6) is 0 Å². The van der Waals surface area contributed by atoms with Crippen LogP contribution in [0.3, 0.4) is 0 Å². The Morgan fingerprint density at radius 3 is 2.56 bits per heavy atom. The van der Waals surface area contributed by atoms with Crippen LogP contribution in [0.1, 0.15) is 32.6 Å². The van der Waals surface area contributed by atoms with Crippen molar-refractivity contribution in [3.05, 3.63) is 0 Å². The first-order chi connectivity index (χ1) is 7.65. The van der Waals surface area contributed by atoms with Gasteiger partial charge >= 0.3 is 0 Å². The lowest BCUT2D eigenvalue weighted by atomic mass is 10.0. The van der Waals surface area contributed by atoms with Gasteiger partial charge in [0.2, 0.25) is 5.91 Å². The zero-order chi connectivity index (χ0) is 11.7. The monoisotopic (exact) mass is 226 g/mol. The molecule has 16 heavy (non-hydrogen) atoms. The van der Waals surface area contributed by atoms with Crippen molar-refractivity contribution in [3.63, 3.8) is 0 Å². The lowest BCUT2D eigenvalue weighted by molar-refractivity contribution is -0.149. The predicted octanol–water partition coefficient (Wildman–Crippen LogP) is 0.452. The molecule has 1 aliphatic heterocycles. The first kappa shape index (κ1) is 11.9. The van der Waals surface area contributed by atoms with E-state index in [1.54, 1.807) is 0 Å². The number of piperazine rings is 1. The number of carbonyl (C=O) groups is 1. The van der Waals surface area contributed by atoms with Crippen molar-refractivity contribution in [2.24, 2.45) is 0 Å². The van der Waals surface area contributed by atoms with Gasteiger partial charge in [0.05, 0.1) is 6.61 Å². The Bertz CT molecular complexity index is 264. The number of rotatable bonds is 2. The Balaban J connectivity index is 2.13. The van der Waals surface area contributed by atoms with Crippen molar-refractivity contribution >= 4 is 5.91 Å². The fourth-order valence-electron chi connectivity index (χ4n) is 3.15. The second kappa shape index (κ2) is 4.72. The number of amides is 1. The van der Waals surface area contributed by atoms with Gasteiger partial charge in [-0.15, -0.1) is 0 Å². The lowest BCUT2D eigenvalue weighted by Crippen LogP contribution is -2.63. The van der Waals surface area contributed by atoms with Crippen molar-refractivity contribution in [1.82, 2.24) is 9.80 Å². The van der Waals surface area contributed by atoms with Gasteiger partial charge in [0.15, 0.2) is 0 Å². The van der Waals surface area contributed by atoms with E-state index in [0.29, 0.717) is 6.04 Å². The first-order valence-corrected chi connectivity index (χ1v) is 6.28. The molecule has 1 saturated heterocycles. The average molecular weight is 226 g/mol. The molecule has 2 unspecified atom stereocenters. The van der Waals surface area contributed by atoms with Gasteiger partial charge in [0.1, 0.15) is 6.04 Å². The molecule has 1 amide bonds. The standard InChI is InChI=1S/C12H22N2O2/c1-9-7-13(2)11(8-15)12(16)14(9)10-5-3-4-6-10/h9-11,15H,3-8H2,1-2H3. The Kier molecular flexibility index (Phi) is 3.50. The number of carbonyl (C=O) groups excluding carboxylic acids is 1. The number of aliphatic hydroxyl groups excluding tert-OH is 1. The van der Waals surface area contributed by atoms with Crippen LogP contribution in [0.25, 0.3) is 0 Å². The van der Waals surface area contributed by atoms with Crippen molar-refractivity contribution in [1.29, 1.82) is 0 Å². The van der Waals surface area contributed by atoms with Gasteiger partial charge < -0.3 is 10.0 Å². The number of hydrogen-bond acceptors (Lipinski definition) is 3. The maximum absolute atomic E-state index is 12.3. The first-order valence-electron chi connectivity index (χ1n) is 6.28. The smallest absolute Gasteiger partial charge is 0.242 e. The third kappa shape index (κ3) is 1.96. The van der Waals surface area contributed by atoms with Crippen LogP contribution in [0.4, 0.5) is 0 Å². The van der Waals surface area contributed by atoms with Gasteiger partial charge in [-0.3, -0.25) is 9.69 Å². The number of nitrogens with zero attached hydrogens (tertiary/aromatic N) is 2. The summed E-state index contributed by atoms with van der Waals surface area (Å²) < 4.78 is 0. The largest absolute Gasteiger partial charge is 0.394 e. The molecule has 4 heteroatoms. The molecule has 4 nitrogen and oxygen atoms in total. The van der Waals surface area contributed by atoms with Crippen LogP contribution < -0.4 is 0 Å². The fourth-order valence-corrected chi connectivity index (χ4v) is 3.15. The minimum Gasteiger partial charge on any atom is -0.394 e. The molecule has 0 radical (unpaired) electrons. The molecule has 0 aromatic rings. The minimum atomic E-state index is -0.322. The van der Waals surface area contributed by atoms with Crippen LogP contribution in [0, 0.1) is 0 Å². The van der Waals surface area contributed by atoms with E-state index in [4.69, 9.17) is 0 Å². The maximum atomic E-state index is 12.3. The molecule has 0 bridgehead atoms. The predicted molar refractivity (Wildman–Crippen MR) is 62.1 cm³/mol. The van der Waals surface area contributed by atoms with Gasteiger partial charge in [0.25, 0.3) is 0 Å². The molecule has 2 fully saturated rings. The Hall–Kier alpha value is -0.610. The molecule has 2 rings (SSSR count). The fraction of sp³-hybridized carbons (Fsp3) is 0.917. The summed E-state index contributed by atoms with van der Waals surface area (Å²) in [5, 5.41) is 9.29. The van der Waals surface area contributed by atoms with E-state index in [9.17, 15) is 9.90 Å². The second-order valence-corrected chi connectivity index (χ2v) is 5.17. The maximum Gasteiger partial charge on any atom is 0.242 e. The molecular weight excluding hydrogens is 204 g/mol. The quantitative estimate of drug-likeness (QED) is 0.743. The van der Waals surface area contributed by atoms with E-state index >= 15 is 0 Å². The molecule has 1 heterocycles. The molecule has 1 aliphatic carbocycles. The number of hydrogen-bond donors (Lipinski definition) is 1. The summed E-state index contributed by atoms with van der Waals surface area (Å²) in [6.07, 6.45) is 4.75. The van der Waals surface area contributed by atoms with E-state index in [-0.39, 0.29) is 24.6 Å². The van der Waals surface area contributed by atoms with Gasteiger partial charge in [0, 0.05) is 18.6 Å². The summed E-state index contributed by atoms with van der Waals surface area (Å²) in [7, 11) is 1.92. The third-order valence-electron chi connectivity index (χ3n) is 3.99. The van der Waals surface area contributed by atoms with E-state index in [1.165, 1.54) is 12.8 Å². The molecule has 1 N–H and O–H groups in total. The molecule has 0 aromatic heterocycles. The third-order valence-corrected chi connectivity index (χ3v) is 3.99. The van der Waals surface area contributed by atoms with Crippen LogP contribution >= 0.6 is 0 Å². The molecule has 1 saturated carbocycles. The summed E-state index contributed by atoms with van der Waals surface area (Å²) >= 11 is 0. The zero-order valence-corrected chi connectivity index (χ0v) is 10.2. The Morgan fingerprint density at radius 1 is 1.38 bits per heavy atom. The lowest BCUT2D eigenvalue weighted by Gasteiger charge is -2.45. The molecule has 0 aromatic carbocycles. The van der Waals surface area contributed by atoms with Crippen molar-refractivity contribution in [2.45, 2.75) is 50.7 Å². The van der Waals surface area contributed by atoms with Gasteiger partial charge in [-0.05, 0) is 26.8 Å². The van der Waals surface area contributed by atoms with Gasteiger partial charge in [-0.1, -0.05) is 12.8 Å². The topological polar surface area (TPSA) is 43.8 Å². The van der Waals surface area contributed by atoms with Gasteiger partial charge in [-0.2, -0.15) is 0 Å². The van der Waals surface area contributed by atoms with Crippen molar-refractivity contribution in [3.8, 4) is 0 Å². The summed E-state index contributed by atoms with van der Waals surface area (Å²) in [6.45, 7) is 2.92. The minimum absolute atomic E-state index is 0.0642. The molecule has 92 valence electrons. The van der Waals surface area contributed by atoms with Crippen LogP contribution in [0.2, 0.25) is 0 Å².